The van der Waals surface area contributed by atoms with E-state index in [1.165, 1.54) is 5.69 Å². The first-order valence-corrected chi connectivity index (χ1v) is 11.2. The van der Waals surface area contributed by atoms with Crippen molar-refractivity contribution < 1.29 is 9.90 Å². The van der Waals surface area contributed by atoms with E-state index in [1.54, 1.807) is 12.1 Å². The number of fused-ring (bicyclic) bond motifs is 1. The number of carbonyl (C=O) groups is 1. The zero-order chi connectivity index (χ0) is 21.9. The molecule has 6 heteroatoms. The molecule has 0 bridgehead atoms. The summed E-state index contributed by atoms with van der Waals surface area (Å²) in [5, 5.41) is 12.8. The third-order valence-corrected chi connectivity index (χ3v) is 6.40. The van der Waals surface area contributed by atoms with Crippen molar-refractivity contribution in [1.82, 2.24) is 10.2 Å². The molecule has 6 nitrogen and oxygen atoms in total. The summed E-state index contributed by atoms with van der Waals surface area (Å²) in [7, 11) is 0. The predicted octanol–water partition coefficient (Wildman–Crippen LogP) is 3.46. The normalized spacial score (nSPS) is 18.9. The van der Waals surface area contributed by atoms with Gasteiger partial charge in [-0.15, -0.1) is 0 Å². The van der Waals surface area contributed by atoms with Gasteiger partial charge in [0.15, 0.2) is 0 Å². The monoisotopic (exact) mass is 428 g/mol. The summed E-state index contributed by atoms with van der Waals surface area (Å²) in [6.45, 7) is 5.77. The molecule has 0 aliphatic carbocycles. The summed E-state index contributed by atoms with van der Waals surface area (Å²) in [6.07, 6.45) is -0.261. The summed E-state index contributed by atoms with van der Waals surface area (Å²) in [4.78, 5) is 20.0. The number of hydrogen-bond acceptors (Lipinski definition) is 5. The highest BCUT2D eigenvalue weighted by Crippen LogP contribution is 2.33. The van der Waals surface area contributed by atoms with E-state index in [0.29, 0.717) is 5.56 Å². The van der Waals surface area contributed by atoms with Crippen molar-refractivity contribution in [3.05, 3.63) is 90.0 Å². The molecule has 3 aromatic rings. The molecule has 1 saturated heterocycles. The molecule has 2 aliphatic heterocycles. The molecule has 32 heavy (non-hydrogen) atoms. The number of nitrogens with zero attached hydrogens (tertiary/aromatic N) is 3. The first-order chi connectivity index (χ1) is 15.7. The molecule has 1 amide bonds. The number of phenols is 1. The summed E-state index contributed by atoms with van der Waals surface area (Å²) >= 11 is 0. The molecule has 2 N–H and O–H groups in total. The fraction of sp³-hybridized carbons (Fsp3) is 0.269. The third kappa shape index (κ3) is 4.14. The van der Waals surface area contributed by atoms with Crippen LogP contribution < -0.4 is 15.1 Å². The molecular weight excluding hydrogens is 400 g/mol. The Morgan fingerprint density at radius 2 is 1.50 bits per heavy atom. The number of carbonyl (C=O) groups excluding carboxylic acids is 1. The van der Waals surface area contributed by atoms with Crippen LogP contribution in [0.1, 0.15) is 22.1 Å². The zero-order valence-corrected chi connectivity index (χ0v) is 18.0. The maximum Gasteiger partial charge on any atom is 0.255 e. The van der Waals surface area contributed by atoms with Crippen LogP contribution in [0.2, 0.25) is 0 Å². The molecule has 5 rings (SSSR count). The van der Waals surface area contributed by atoms with Gasteiger partial charge in [-0.1, -0.05) is 42.5 Å². The molecule has 164 valence electrons. The summed E-state index contributed by atoms with van der Waals surface area (Å²) in [5.41, 5.74) is 3.90. The lowest BCUT2D eigenvalue weighted by Gasteiger charge is -2.41. The lowest BCUT2D eigenvalue weighted by molar-refractivity contribution is 0.0925. The first kappa shape index (κ1) is 20.4. The molecular formula is C26H28N4O2. The van der Waals surface area contributed by atoms with Crippen LogP contribution in [-0.2, 0) is 0 Å². The van der Waals surface area contributed by atoms with E-state index in [2.05, 4.69) is 50.3 Å². The van der Waals surface area contributed by atoms with E-state index in [1.807, 2.05) is 36.4 Å². The molecule has 1 fully saturated rings. The maximum atomic E-state index is 12.8. The number of amides is 1. The number of benzene rings is 3. The van der Waals surface area contributed by atoms with Crippen molar-refractivity contribution >= 4 is 17.3 Å². The predicted molar refractivity (Wildman–Crippen MR) is 127 cm³/mol. The van der Waals surface area contributed by atoms with Crippen molar-refractivity contribution in [2.75, 3.05) is 49.1 Å². The highest BCUT2D eigenvalue weighted by molar-refractivity contribution is 6.02. The van der Waals surface area contributed by atoms with Gasteiger partial charge in [0.2, 0.25) is 0 Å². The van der Waals surface area contributed by atoms with Crippen LogP contribution in [0.5, 0.6) is 5.75 Å². The molecule has 1 unspecified atom stereocenters. The summed E-state index contributed by atoms with van der Waals surface area (Å²) < 4.78 is 0. The van der Waals surface area contributed by atoms with Gasteiger partial charge in [-0.3, -0.25) is 9.69 Å². The highest BCUT2D eigenvalue weighted by Gasteiger charge is 2.32. The second-order valence-corrected chi connectivity index (χ2v) is 8.34. The number of phenolic OH excluding ortho intramolecular Hbond substituents is 1. The van der Waals surface area contributed by atoms with Crippen molar-refractivity contribution in [2.24, 2.45) is 0 Å². The maximum absolute atomic E-state index is 12.8. The van der Waals surface area contributed by atoms with Crippen molar-refractivity contribution in [1.29, 1.82) is 0 Å². The van der Waals surface area contributed by atoms with Crippen molar-refractivity contribution in [3.63, 3.8) is 0 Å². The average Bonchev–Trinajstić information content (AvgIpc) is 2.85. The summed E-state index contributed by atoms with van der Waals surface area (Å²) in [5.74, 6) is 0.158. The van der Waals surface area contributed by atoms with Crippen LogP contribution in [0.25, 0.3) is 0 Å². The lowest BCUT2D eigenvalue weighted by Crippen LogP contribution is -2.52. The molecule has 3 aromatic carbocycles. The Bertz CT molecular complexity index is 1060. The van der Waals surface area contributed by atoms with Crippen LogP contribution >= 0.6 is 0 Å². The van der Waals surface area contributed by atoms with Gasteiger partial charge < -0.3 is 20.2 Å². The Morgan fingerprint density at radius 1 is 0.812 bits per heavy atom. The molecule has 0 aromatic heterocycles. The average molecular weight is 429 g/mol. The fourth-order valence-corrected chi connectivity index (χ4v) is 4.62. The molecule has 0 radical (unpaired) electrons. The van der Waals surface area contributed by atoms with Crippen LogP contribution in [0.4, 0.5) is 11.4 Å². The fourth-order valence-electron chi connectivity index (χ4n) is 4.62. The second kappa shape index (κ2) is 8.93. The molecule has 2 heterocycles. The quantitative estimate of drug-likeness (QED) is 0.652. The standard InChI is InChI=1S/C26H28N4O2/c31-22-12-10-20(11-13-22)25-27-26(32)23-8-4-5-9-24(23)30(25)19-16-28-14-17-29(18-15-28)21-6-2-1-3-7-21/h1-13,25,31H,14-19H2,(H,27,32). The Morgan fingerprint density at radius 3 is 2.25 bits per heavy atom. The molecule has 0 saturated carbocycles. The number of para-hydroxylation sites is 2. The third-order valence-electron chi connectivity index (χ3n) is 6.40. The van der Waals surface area contributed by atoms with Crippen molar-refractivity contribution in [3.8, 4) is 5.75 Å². The van der Waals surface area contributed by atoms with E-state index in [9.17, 15) is 9.90 Å². The van der Waals surface area contributed by atoms with E-state index >= 15 is 0 Å². The van der Waals surface area contributed by atoms with E-state index in [-0.39, 0.29) is 17.8 Å². The molecule has 2 aliphatic rings. The Balaban J connectivity index is 1.30. The van der Waals surface area contributed by atoms with Crippen LogP contribution in [0.15, 0.2) is 78.9 Å². The van der Waals surface area contributed by atoms with Gasteiger partial charge in [0, 0.05) is 45.0 Å². The van der Waals surface area contributed by atoms with Gasteiger partial charge in [-0.05, 0) is 42.0 Å². The van der Waals surface area contributed by atoms with Gasteiger partial charge in [0.05, 0.1) is 11.3 Å². The van der Waals surface area contributed by atoms with Crippen LogP contribution in [0.3, 0.4) is 0 Å². The number of hydrogen-bond donors (Lipinski definition) is 2. The summed E-state index contributed by atoms with van der Waals surface area (Å²) in [6, 6.07) is 25.5. The number of nitrogens with one attached hydrogen (secondary N) is 1. The highest BCUT2D eigenvalue weighted by atomic mass is 16.3. The zero-order valence-electron chi connectivity index (χ0n) is 18.0. The van der Waals surface area contributed by atoms with E-state index in [0.717, 1.165) is 50.5 Å². The number of rotatable bonds is 5. The molecule has 0 spiro atoms. The number of piperazine rings is 1. The van der Waals surface area contributed by atoms with E-state index < -0.39 is 0 Å². The first-order valence-electron chi connectivity index (χ1n) is 11.2. The van der Waals surface area contributed by atoms with Crippen LogP contribution in [0, 0.1) is 0 Å². The number of aromatic hydroxyl groups is 1. The van der Waals surface area contributed by atoms with Crippen molar-refractivity contribution in [2.45, 2.75) is 6.17 Å². The van der Waals surface area contributed by atoms with Gasteiger partial charge >= 0.3 is 0 Å². The smallest absolute Gasteiger partial charge is 0.255 e. The van der Waals surface area contributed by atoms with Gasteiger partial charge in [-0.25, -0.2) is 0 Å². The minimum atomic E-state index is -0.261. The van der Waals surface area contributed by atoms with E-state index in [4.69, 9.17) is 0 Å². The Labute approximate surface area is 188 Å². The lowest BCUT2D eigenvalue weighted by atomic mass is 10.0. The van der Waals surface area contributed by atoms with Gasteiger partial charge in [0.1, 0.15) is 11.9 Å². The minimum Gasteiger partial charge on any atom is -0.508 e. The molecule has 1 atom stereocenters. The Hall–Kier alpha value is -3.51. The topological polar surface area (TPSA) is 59.1 Å². The largest absolute Gasteiger partial charge is 0.508 e. The SMILES string of the molecule is O=C1NC(c2ccc(O)cc2)N(CCN2CCN(c3ccccc3)CC2)c2ccccc21. The number of anilines is 2. The van der Waals surface area contributed by atoms with Crippen LogP contribution in [-0.4, -0.2) is 55.2 Å². The second-order valence-electron chi connectivity index (χ2n) is 8.34. The van der Waals surface area contributed by atoms with Gasteiger partial charge in [-0.2, -0.15) is 0 Å². The Kier molecular flexibility index (Phi) is 5.69. The van der Waals surface area contributed by atoms with Gasteiger partial charge in [0.25, 0.3) is 5.91 Å². The minimum absolute atomic E-state index is 0.0635.